The molecule has 108 valence electrons. The minimum absolute atomic E-state index is 0.347. The molecule has 1 heterocycles. The van der Waals surface area contributed by atoms with Crippen LogP contribution in [0.15, 0.2) is 28.7 Å². The van der Waals surface area contributed by atoms with Crippen LogP contribution in [-0.2, 0) is 12.8 Å². The molecule has 5 heteroatoms. The molecule has 20 heavy (non-hydrogen) atoms. The quantitative estimate of drug-likeness (QED) is 0.779. The number of ether oxygens (including phenoxy) is 3. The van der Waals surface area contributed by atoms with E-state index in [1.165, 1.54) is 5.56 Å². The lowest BCUT2D eigenvalue weighted by atomic mass is 10.1. The zero-order chi connectivity index (χ0) is 14.4. The summed E-state index contributed by atoms with van der Waals surface area (Å²) in [7, 11) is 3.21. The Labute approximate surface area is 118 Å². The highest BCUT2D eigenvalue weighted by molar-refractivity contribution is 5.28. The van der Waals surface area contributed by atoms with Gasteiger partial charge >= 0.3 is 11.8 Å². The smallest absolute Gasteiger partial charge is 0.351 e. The van der Waals surface area contributed by atoms with E-state index in [4.69, 9.17) is 18.6 Å². The van der Waals surface area contributed by atoms with Crippen molar-refractivity contribution in [3.63, 3.8) is 0 Å². The molecule has 5 nitrogen and oxygen atoms in total. The molecule has 0 N–H and O–H groups in total. The maximum atomic E-state index is 5.53. The normalized spacial score (nSPS) is 10.3. The highest BCUT2D eigenvalue weighted by Crippen LogP contribution is 2.28. The summed E-state index contributed by atoms with van der Waals surface area (Å²) in [5.41, 5.74) is 1.20. The summed E-state index contributed by atoms with van der Waals surface area (Å²) in [5.74, 6) is 2.21. The van der Waals surface area contributed by atoms with Crippen LogP contribution in [0.3, 0.4) is 0 Å². The molecule has 0 saturated heterocycles. The molecule has 0 saturated carbocycles. The molecule has 0 bridgehead atoms. The van der Waals surface area contributed by atoms with Crippen LogP contribution in [0.2, 0.25) is 0 Å². The van der Waals surface area contributed by atoms with E-state index in [0.717, 1.165) is 12.2 Å². The van der Waals surface area contributed by atoms with Gasteiger partial charge in [0.15, 0.2) is 0 Å². The second kappa shape index (κ2) is 6.84. The third-order valence-corrected chi connectivity index (χ3v) is 2.87. The molecule has 0 aliphatic rings. The predicted molar refractivity (Wildman–Crippen MR) is 74.6 cm³/mol. The lowest BCUT2D eigenvalue weighted by molar-refractivity contribution is 0.234. The Morgan fingerprint density at radius 1 is 1.05 bits per heavy atom. The van der Waals surface area contributed by atoms with Crippen LogP contribution in [0.25, 0.3) is 0 Å². The number of oxazole rings is 1. The van der Waals surface area contributed by atoms with E-state index in [2.05, 4.69) is 4.98 Å². The lowest BCUT2D eigenvalue weighted by Crippen LogP contribution is -1.92. The number of rotatable bonds is 7. The summed E-state index contributed by atoms with van der Waals surface area (Å²) >= 11 is 0. The highest BCUT2D eigenvalue weighted by atomic mass is 16.6. The first-order chi connectivity index (χ1) is 9.76. The number of benzene rings is 1. The molecule has 0 aliphatic heterocycles. The second-order valence-corrected chi connectivity index (χ2v) is 4.19. The van der Waals surface area contributed by atoms with Gasteiger partial charge in [-0.25, -0.2) is 0 Å². The van der Waals surface area contributed by atoms with Gasteiger partial charge < -0.3 is 18.6 Å². The summed E-state index contributed by atoms with van der Waals surface area (Å²) in [6.45, 7) is 2.41. The SMILES string of the molecule is CCOc1oc(CCc2ccc(OC)cc2)nc1OC. The van der Waals surface area contributed by atoms with Crippen LogP contribution < -0.4 is 14.2 Å². The van der Waals surface area contributed by atoms with Gasteiger partial charge in [0, 0.05) is 6.42 Å². The van der Waals surface area contributed by atoms with Gasteiger partial charge in [-0.1, -0.05) is 12.1 Å². The molecular formula is C15H19NO4. The maximum Gasteiger partial charge on any atom is 0.351 e. The first-order valence-electron chi connectivity index (χ1n) is 6.56. The Kier molecular flexibility index (Phi) is 4.87. The van der Waals surface area contributed by atoms with Crippen molar-refractivity contribution in [2.24, 2.45) is 0 Å². The number of hydrogen-bond acceptors (Lipinski definition) is 5. The van der Waals surface area contributed by atoms with Gasteiger partial charge in [-0.05, 0) is 31.0 Å². The van der Waals surface area contributed by atoms with Gasteiger partial charge in [0.05, 0.1) is 20.8 Å². The predicted octanol–water partition coefficient (Wildman–Crippen LogP) is 2.88. The van der Waals surface area contributed by atoms with Gasteiger partial charge in [-0.15, -0.1) is 0 Å². The fourth-order valence-electron chi connectivity index (χ4n) is 1.83. The minimum atomic E-state index is 0.347. The Morgan fingerprint density at radius 2 is 1.80 bits per heavy atom. The van der Waals surface area contributed by atoms with Crippen molar-refractivity contribution in [1.82, 2.24) is 4.98 Å². The van der Waals surface area contributed by atoms with Crippen LogP contribution in [0.1, 0.15) is 18.4 Å². The number of nitrogens with zero attached hydrogens (tertiary/aromatic N) is 1. The average molecular weight is 277 g/mol. The first kappa shape index (κ1) is 14.2. The van der Waals surface area contributed by atoms with E-state index in [0.29, 0.717) is 30.7 Å². The van der Waals surface area contributed by atoms with Crippen LogP contribution in [0.4, 0.5) is 0 Å². The zero-order valence-corrected chi connectivity index (χ0v) is 12.0. The monoisotopic (exact) mass is 277 g/mol. The summed E-state index contributed by atoms with van der Waals surface area (Å²) in [5, 5.41) is 0. The number of aromatic nitrogens is 1. The van der Waals surface area contributed by atoms with E-state index < -0.39 is 0 Å². The van der Waals surface area contributed by atoms with Gasteiger partial charge in [0.25, 0.3) is 0 Å². The van der Waals surface area contributed by atoms with E-state index >= 15 is 0 Å². The zero-order valence-electron chi connectivity index (χ0n) is 12.0. The minimum Gasteiger partial charge on any atom is -0.497 e. The van der Waals surface area contributed by atoms with Crippen LogP contribution in [0.5, 0.6) is 17.6 Å². The molecular weight excluding hydrogens is 258 g/mol. The molecule has 0 radical (unpaired) electrons. The fourth-order valence-corrected chi connectivity index (χ4v) is 1.83. The number of hydrogen-bond donors (Lipinski definition) is 0. The molecule has 0 amide bonds. The molecule has 0 aliphatic carbocycles. The number of methoxy groups -OCH3 is 2. The van der Waals surface area contributed by atoms with E-state index in [1.807, 2.05) is 31.2 Å². The molecule has 0 atom stereocenters. The summed E-state index contributed by atoms with van der Waals surface area (Å²) in [4.78, 5) is 4.26. The lowest BCUT2D eigenvalue weighted by Gasteiger charge is -2.01. The second-order valence-electron chi connectivity index (χ2n) is 4.19. The Morgan fingerprint density at radius 3 is 2.40 bits per heavy atom. The molecule has 0 unspecified atom stereocenters. The van der Waals surface area contributed by atoms with E-state index in [1.54, 1.807) is 14.2 Å². The van der Waals surface area contributed by atoms with Crippen molar-refractivity contribution in [3.8, 4) is 17.6 Å². The molecule has 2 aromatic rings. The van der Waals surface area contributed by atoms with Gasteiger partial charge in [-0.3, -0.25) is 0 Å². The Balaban J connectivity index is 1.99. The van der Waals surface area contributed by atoms with Crippen molar-refractivity contribution >= 4 is 0 Å². The molecule has 0 spiro atoms. The van der Waals surface area contributed by atoms with Crippen molar-refractivity contribution < 1.29 is 18.6 Å². The summed E-state index contributed by atoms with van der Waals surface area (Å²) in [6.07, 6.45) is 1.52. The fraction of sp³-hybridized carbons (Fsp3) is 0.400. The van der Waals surface area contributed by atoms with Crippen LogP contribution in [0, 0.1) is 0 Å². The average Bonchev–Trinajstić information content (AvgIpc) is 2.88. The Hall–Kier alpha value is -2.17. The van der Waals surface area contributed by atoms with Crippen LogP contribution >= 0.6 is 0 Å². The van der Waals surface area contributed by atoms with Crippen molar-refractivity contribution in [2.75, 3.05) is 20.8 Å². The summed E-state index contributed by atoms with van der Waals surface area (Å²) in [6, 6.07) is 7.94. The standard InChI is InChI=1S/C15H19NO4/c1-4-19-15-14(18-3)16-13(20-15)10-7-11-5-8-12(17-2)9-6-11/h5-6,8-9H,4,7,10H2,1-3H3. The maximum absolute atomic E-state index is 5.53. The van der Waals surface area contributed by atoms with Crippen molar-refractivity contribution in [3.05, 3.63) is 35.7 Å². The highest BCUT2D eigenvalue weighted by Gasteiger charge is 2.14. The molecule has 1 aromatic carbocycles. The van der Waals surface area contributed by atoms with Gasteiger partial charge in [0.1, 0.15) is 5.75 Å². The molecule has 2 rings (SSSR count). The molecule has 1 aromatic heterocycles. The Bertz CT molecular complexity index is 533. The van der Waals surface area contributed by atoms with E-state index in [9.17, 15) is 0 Å². The summed E-state index contributed by atoms with van der Waals surface area (Å²) < 4.78 is 21.1. The number of aryl methyl sites for hydroxylation is 2. The van der Waals surface area contributed by atoms with Crippen molar-refractivity contribution in [1.29, 1.82) is 0 Å². The molecule has 0 fully saturated rings. The van der Waals surface area contributed by atoms with Gasteiger partial charge in [0.2, 0.25) is 5.89 Å². The largest absolute Gasteiger partial charge is 0.497 e. The third-order valence-electron chi connectivity index (χ3n) is 2.87. The first-order valence-corrected chi connectivity index (χ1v) is 6.56. The third kappa shape index (κ3) is 3.44. The van der Waals surface area contributed by atoms with Crippen molar-refractivity contribution in [2.45, 2.75) is 19.8 Å². The topological polar surface area (TPSA) is 53.7 Å². The van der Waals surface area contributed by atoms with Gasteiger partial charge in [-0.2, -0.15) is 4.98 Å². The van der Waals surface area contributed by atoms with E-state index in [-0.39, 0.29) is 0 Å². The van der Waals surface area contributed by atoms with Crippen LogP contribution in [-0.4, -0.2) is 25.8 Å².